The van der Waals surface area contributed by atoms with Gasteiger partial charge in [0.1, 0.15) is 0 Å². The Morgan fingerprint density at radius 3 is 2.61 bits per heavy atom. The maximum Gasteiger partial charge on any atom is 0.238 e. The van der Waals surface area contributed by atoms with Crippen LogP contribution in [0.4, 0.5) is 0 Å². The highest BCUT2D eigenvalue weighted by molar-refractivity contribution is 7.89. The van der Waals surface area contributed by atoms with Crippen LogP contribution < -0.4 is 10.5 Å². The molecule has 1 unspecified atom stereocenters. The van der Waals surface area contributed by atoms with Gasteiger partial charge in [0.05, 0.1) is 11.4 Å². The van der Waals surface area contributed by atoms with Crippen molar-refractivity contribution in [1.29, 1.82) is 0 Å². The maximum atomic E-state index is 12.0. The van der Waals surface area contributed by atoms with Gasteiger partial charge in [0.25, 0.3) is 0 Å². The van der Waals surface area contributed by atoms with E-state index in [0.29, 0.717) is 25.6 Å². The predicted octanol–water partition coefficient (Wildman–Crippen LogP) is 0.867. The van der Waals surface area contributed by atoms with E-state index in [2.05, 4.69) is 17.1 Å². The molecule has 1 aliphatic rings. The lowest BCUT2D eigenvalue weighted by molar-refractivity contribution is -0.123. The molecule has 0 saturated carbocycles. The van der Waals surface area contributed by atoms with Crippen molar-refractivity contribution in [2.24, 2.45) is 5.14 Å². The third-order valence-electron chi connectivity index (χ3n) is 4.27. The molecule has 3 N–H and O–H groups in total. The van der Waals surface area contributed by atoms with Crippen LogP contribution in [0, 0.1) is 0 Å². The van der Waals surface area contributed by atoms with Gasteiger partial charge in [-0.25, -0.2) is 13.6 Å². The molecule has 6 nitrogen and oxygen atoms in total. The first-order valence-electron chi connectivity index (χ1n) is 7.99. The van der Waals surface area contributed by atoms with Crippen molar-refractivity contribution in [2.75, 3.05) is 19.6 Å². The highest BCUT2D eigenvalue weighted by Crippen LogP contribution is 2.15. The summed E-state index contributed by atoms with van der Waals surface area (Å²) in [5, 5.41) is 7.98. The van der Waals surface area contributed by atoms with Crippen LogP contribution in [-0.4, -0.2) is 44.9 Å². The Morgan fingerprint density at radius 1 is 1.30 bits per heavy atom. The van der Waals surface area contributed by atoms with Crippen molar-refractivity contribution < 1.29 is 13.2 Å². The molecule has 1 aromatic rings. The van der Waals surface area contributed by atoms with Crippen molar-refractivity contribution in [1.82, 2.24) is 10.2 Å². The van der Waals surface area contributed by atoms with Crippen LogP contribution in [0.25, 0.3) is 0 Å². The molecule has 1 aliphatic heterocycles. The fourth-order valence-corrected chi connectivity index (χ4v) is 3.34. The van der Waals surface area contributed by atoms with Crippen LogP contribution in [0.1, 0.15) is 31.7 Å². The van der Waals surface area contributed by atoms with Crippen LogP contribution in [0.2, 0.25) is 0 Å². The normalized spacial score (nSPS) is 19.5. The second kappa shape index (κ2) is 7.90. The summed E-state index contributed by atoms with van der Waals surface area (Å²) in [5.74, 6) is 0.0416. The number of carbonyl (C=O) groups excluding carboxylic acids is 1. The summed E-state index contributed by atoms with van der Waals surface area (Å²) >= 11 is 0. The predicted molar refractivity (Wildman–Crippen MR) is 89.4 cm³/mol. The van der Waals surface area contributed by atoms with Crippen LogP contribution in [0.5, 0.6) is 0 Å². The van der Waals surface area contributed by atoms with Crippen molar-refractivity contribution >= 4 is 15.9 Å². The molecule has 1 heterocycles. The number of benzene rings is 1. The van der Waals surface area contributed by atoms with E-state index in [9.17, 15) is 13.2 Å². The molecule has 0 bridgehead atoms. The molecule has 1 fully saturated rings. The second-order valence-electron chi connectivity index (χ2n) is 6.10. The quantitative estimate of drug-likeness (QED) is 0.804. The Labute approximate surface area is 138 Å². The fraction of sp³-hybridized carbons (Fsp3) is 0.562. The van der Waals surface area contributed by atoms with Crippen molar-refractivity contribution in [3.05, 3.63) is 29.8 Å². The number of hydrogen-bond acceptors (Lipinski definition) is 4. The van der Waals surface area contributed by atoms with E-state index < -0.39 is 10.0 Å². The average Bonchev–Trinajstić information content (AvgIpc) is 2.49. The molecule has 0 aliphatic carbocycles. The zero-order valence-electron chi connectivity index (χ0n) is 13.5. The van der Waals surface area contributed by atoms with Gasteiger partial charge in [-0.2, -0.15) is 0 Å². The van der Waals surface area contributed by atoms with E-state index in [1.165, 1.54) is 18.6 Å². The molecule has 1 saturated heterocycles. The summed E-state index contributed by atoms with van der Waals surface area (Å²) in [6.07, 6.45) is 4.22. The Kier molecular flexibility index (Phi) is 6.15. The van der Waals surface area contributed by atoms with Crippen molar-refractivity contribution in [3.63, 3.8) is 0 Å². The van der Waals surface area contributed by atoms with Gasteiger partial charge < -0.3 is 5.32 Å². The van der Waals surface area contributed by atoms with Gasteiger partial charge in [-0.1, -0.05) is 18.6 Å². The number of amides is 1. The van der Waals surface area contributed by atoms with Gasteiger partial charge in [-0.3, -0.25) is 9.69 Å². The number of sulfonamides is 1. The van der Waals surface area contributed by atoms with Gasteiger partial charge in [0.15, 0.2) is 0 Å². The highest BCUT2D eigenvalue weighted by Gasteiger charge is 2.20. The Morgan fingerprint density at radius 2 is 2.00 bits per heavy atom. The van der Waals surface area contributed by atoms with Gasteiger partial charge in [0, 0.05) is 12.6 Å². The standard InChI is InChI=1S/C16H25N3O3S/c1-13-4-2-3-11-19(13)12-16(20)18-10-9-14-5-7-15(8-6-14)23(17,21)22/h5-8,13H,2-4,9-12H2,1H3,(H,18,20)(H2,17,21,22). The van der Waals surface area contributed by atoms with Crippen LogP contribution in [-0.2, 0) is 21.2 Å². The fourth-order valence-electron chi connectivity index (χ4n) is 2.82. The minimum atomic E-state index is -3.65. The number of nitrogens with one attached hydrogen (secondary N) is 1. The van der Waals surface area contributed by atoms with E-state index in [1.54, 1.807) is 12.1 Å². The van der Waals surface area contributed by atoms with Gasteiger partial charge in [-0.05, 0) is 50.4 Å². The van der Waals surface area contributed by atoms with Crippen LogP contribution in [0.15, 0.2) is 29.2 Å². The summed E-state index contributed by atoms with van der Waals surface area (Å²) in [7, 11) is -3.65. The van der Waals surface area contributed by atoms with E-state index in [-0.39, 0.29) is 10.8 Å². The van der Waals surface area contributed by atoms with Crippen molar-refractivity contribution in [3.8, 4) is 0 Å². The third-order valence-corrected chi connectivity index (χ3v) is 5.20. The summed E-state index contributed by atoms with van der Waals surface area (Å²) in [4.78, 5) is 14.3. The largest absolute Gasteiger partial charge is 0.355 e. The molecule has 7 heteroatoms. The third kappa shape index (κ3) is 5.60. The summed E-state index contributed by atoms with van der Waals surface area (Å²) < 4.78 is 22.4. The lowest BCUT2D eigenvalue weighted by atomic mass is 10.0. The van der Waals surface area contributed by atoms with Gasteiger partial charge in [0.2, 0.25) is 15.9 Å². The number of nitrogens with zero attached hydrogens (tertiary/aromatic N) is 1. The maximum absolute atomic E-state index is 12.0. The number of hydrogen-bond donors (Lipinski definition) is 2. The van der Waals surface area contributed by atoms with E-state index in [1.807, 2.05) is 0 Å². The lowest BCUT2D eigenvalue weighted by Crippen LogP contribution is -2.44. The van der Waals surface area contributed by atoms with Gasteiger partial charge in [-0.15, -0.1) is 0 Å². The number of likely N-dealkylation sites (tertiary alicyclic amines) is 1. The molecule has 1 atom stereocenters. The van der Waals surface area contributed by atoms with E-state index in [0.717, 1.165) is 24.9 Å². The van der Waals surface area contributed by atoms with Crippen LogP contribution >= 0.6 is 0 Å². The molecule has 23 heavy (non-hydrogen) atoms. The first-order chi connectivity index (χ1) is 10.9. The number of piperidine rings is 1. The molecule has 128 valence electrons. The van der Waals surface area contributed by atoms with Gasteiger partial charge >= 0.3 is 0 Å². The Hall–Kier alpha value is -1.44. The average molecular weight is 339 g/mol. The van der Waals surface area contributed by atoms with Crippen molar-refractivity contribution in [2.45, 2.75) is 43.5 Å². The second-order valence-corrected chi connectivity index (χ2v) is 7.67. The Bertz CT molecular complexity index is 628. The minimum absolute atomic E-state index is 0.0416. The smallest absolute Gasteiger partial charge is 0.238 e. The monoisotopic (exact) mass is 339 g/mol. The number of carbonyl (C=O) groups is 1. The summed E-state index contributed by atoms with van der Waals surface area (Å²) in [6, 6.07) is 6.89. The molecule has 0 radical (unpaired) electrons. The number of rotatable bonds is 6. The molecule has 2 rings (SSSR count). The topological polar surface area (TPSA) is 92.5 Å². The van der Waals surface area contributed by atoms with E-state index >= 15 is 0 Å². The molecule has 1 aromatic carbocycles. The Balaban J connectivity index is 1.75. The zero-order chi connectivity index (χ0) is 16.9. The molecular formula is C16H25N3O3S. The van der Waals surface area contributed by atoms with E-state index in [4.69, 9.17) is 5.14 Å². The molecule has 0 spiro atoms. The summed E-state index contributed by atoms with van der Waals surface area (Å²) in [5.41, 5.74) is 0.962. The molecule has 1 amide bonds. The number of primary sulfonamides is 1. The SMILES string of the molecule is CC1CCCCN1CC(=O)NCCc1ccc(S(N)(=O)=O)cc1. The highest BCUT2D eigenvalue weighted by atomic mass is 32.2. The first-order valence-corrected chi connectivity index (χ1v) is 9.53. The zero-order valence-corrected chi connectivity index (χ0v) is 14.3. The first kappa shape index (κ1) is 17.9. The van der Waals surface area contributed by atoms with Crippen LogP contribution in [0.3, 0.4) is 0 Å². The molecular weight excluding hydrogens is 314 g/mol. The minimum Gasteiger partial charge on any atom is -0.355 e. The summed E-state index contributed by atoms with van der Waals surface area (Å²) in [6.45, 7) is 4.14. The molecule has 0 aromatic heterocycles. The lowest BCUT2D eigenvalue weighted by Gasteiger charge is -2.32. The number of nitrogens with two attached hydrogens (primary N) is 1.